The number of hydrogen-bond donors (Lipinski definition) is 2. The molecule has 1 aliphatic rings. The topological polar surface area (TPSA) is 68.2 Å². The molecule has 1 aromatic heterocycles. The lowest BCUT2D eigenvalue weighted by atomic mass is 10.00. The van der Waals surface area contributed by atoms with Crippen molar-refractivity contribution >= 4 is 36.0 Å². The average Bonchev–Trinajstić information content (AvgIpc) is 3.34. The zero-order valence-electron chi connectivity index (χ0n) is 22.0. The number of thioether (sulfide) groups is 1. The van der Waals surface area contributed by atoms with Gasteiger partial charge in [0.05, 0.1) is 0 Å². The highest BCUT2D eigenvalue weighted by molar-refractivity contribution is 7.98. The Bertz CT molecular complexity index is 761. The van der Waals surface area contributed by atoms with Gasteiger partial charge in [0.25, 0.3) is 5.95 Å². The number of anilines is 1. The quantitative estimate of drug-likeness (QED) is 0.334. The van der Waals surface area contributed by atoms with E-state index in [1.54, 1.807) is 18.4 Å². The van der Waals surface area contributed by atoms with Crippen molar-refractivity contribution in [1.29, 1.82) is 0 Å². The molecule has 0 atom stereocenters. The van der Waals surface area contributed by atoms with Gasteiger partial charge in [-0.1, -0.05) is 61.1 Å². The van der Waals surface area contributed by atoms with Gasteiger partial charge in [-0.15, -0.1) is 11.8 Å². The molecular formula is C25H45FN4OS2. The molecule has 1 fully saturated rings. The Balaban J connectivity index is 0. The van der Waals surface area contributed by atoms with Gasteiger partial charge in [0, 0.05) is 29.6 Å². The molecule has 33 heavy (non-hydrogen) atoms. The SMILES string of the molecule is C=C(N)c1ccc(SC)c(F)c1.CC.CC.CC1CCN(c2noc(C(C)C)n2)CC1.CS. The van der Waals surface area contributed by atoms with Crippen LogP contribution in [0.5, 0.6) is 0 Å². The Morgan fingerprint density at radius 1 is 1.21 bits per heavy atom. The molecule has 2 N–H and O–H groups in total. The van der Waals surface area contributed by atoms with E-state index in [9.17, 15) is 4.39 Å². The average molecular weight is 501 g/mol. The van der Waals surface area contributed by atoms with Gasteiger partial charge >= 0.3 is 0 Å². The molecule has 0 aliphatic carbocycles. The van der Waals surface area contributed by atoms with Crippen LogP contribution < -0.4 is 10.6 Å². The zero-order chi connectivity index (χ0) is 26.0. The van der Waals surface area contributed by atoms with Gasteiger partial charge < -0.3 is 15.2 Å². The number of benzene rings is 1. The van der Waals surface area contributed by atoms with Crippen molar-refractivity contribution in [3.05, 3.63) is 42.0 Å². The monoisotopic (exact) mass is 500 g/mol. The fourth-order valence-corrected chi connectivity index (χ4v) is 3.12. The summed E-state index contributed by atoms with van der Waals surface area (Å²) in [7, 11) is 0. The van der Waals surface area contributed by atoms with E-state index in [-0.39, 0.29) is 5.82 Å². The molecule has 0 spiro atoms. The Hall–Kier alpha value is -1.67. The van der Waals surface area contributed by atoms with Crippen molar-refractivity contribution in [2.75, 3.05) is 30.5 Å². The smallest absolute Gasteiger partial charge is 0.266 e. The number of rotatable bonds is 4. The number of aromatic nitrogens is 2. The summed E-state index contributed by atoms with van der Waals surface area (Å²) in [6.45, 7) is 20.1. The van der Waals surface area contributed by atoms with Crippen LogP contribution in [0.4, 0.5) is 10.3 Å². The Kier molecular flexibility index (Phi) is 20.1. The van der Waals surface area contributed by atoms with Gasteiger partial charge in [0.1, 0.15) is 5.82 Å². The third-order valence-corrected chi connectivity index (χ3v) is 5.28. The van der Waals surface area contributed by atoms with E-state index < -0.39 is 0 Å². The fraction of sp³-hybridized carbons (Fsp3) is 0.600. The van der Waals surface area contributed by atoms with Crippen molar-refractivity contribution in [3.8, 4) is 0 Å². The molecule has 0 unspecified atom stereocenters. The summed E-state index contributed by atoms with van der Waals surface area (Å²) in [6, 6.07) is 4.86. The Labute approximate surface area is 211 Å². The van der Waals surface area contributed by atoms with Crippen LogP contribution in [0.2, 0.25) is 0 Å². The minimum atomic E-state index is -0.244. The molecule has 1 aromatic carbocycles. The summed E-state index contributed by atoms with van der Waals surface area (Å²) in [4.78, 5) is 7.25. The van der Waals surface area contributed by atoms with Gasteiger partial charge in [-0.05, 0) is 54.1 Å². The molecule has 190 valence electrons. The largest absolute Gasteiger partial charge is 0.399 e. The highest BCUT2D eigenvalue weighted by Crippen LogP contribution is 2.22. The van der Waals surface area contributed by atoms with Crippen molar-refractivity contribution < 1.29 is 8.91 Å². The van der Waals surface area contributed by atoms with E-state index in [4.69, 9.17) is 10.3 Å². The summed E-state index contributed by atoms with van der Waals surface area (Å²) in [5, 5.41) is 4.03. The lowest BCUT2D eigenvalue weighted by molar-refractivity contribution is 0.361. The normalized spacial score (nSPS) is 12.7. The molecule has 0 saturated carbocycles. The number of piperidine rings is 1. The van der Waals surface area contributed by atoms with Crippen LogP contribution in [0.1, 0.15) is 78.7 Å². The van der Waals surface area contributed by atoms with Crippen molar-refractivity contribution in [3.63, 3.8) is 0 Å². The van der Waals surface area contributed by atoms with Crippen LogP contribution in [-0.4, -0.2) is 35.7 Å². The standard InChI is InChI=1S/C11H19N3O.C9H10FNS.2C2H6.CH4S/c1-8(2)10-12-11(13-15-10)14-6-4-9(3)5-7-14;1-6(11)7-3-4-9(12-2)8(10)5-7;3*1-2/h8-9H,4-7H2,1-3H3;3-5H,1,11H2,2H3;2*1-2H3;2H,1H3. The van der Waals surface area contributed by atoms with Crippen LogP contribution in [0, 0.1) is 11.7 Å². The molecule has 0 bridgehead atoms. The second-order valence-electron chi connectivity index (χ2n) is 7.13. The van der Waals surface area contributed by atoms with E-state index in [1.165, 1.54) is 30.7 Å². The molecule has 1 aliphatic heterocycles. The minimum Gasteiger partial charge on any atom is -0.399 e. The van der Waals surface area contributed by atoms with Gasteiger partial charge in [0.2, 0.25) is 5.89 Å². The molecule has 1 saturated heterocycles. The second-order valence-corrected chi connectivity index (χ2v) is 7.98. The van der Waals surface area contributed by atoms with Gasteiger partial charge in [-0.2, -0.15) is 17.6 Å². The first kappa shape index (κ1) is 33.5. The van der Waals surface area contributed by atoms with E-state index in [2.05, 4.69) is 55.0 Å². The lowest BCUT2D eigenvalue weighted by Crippen LogP contribution is -2.33. The highest BCUT2D eigenvalue weighted by atomic mass is 32.2. The first-order valence-corrected chi connectivity index (χ1v) is 13.7. The van der Waals surface area contributed by atoms with Crippen molar-refractivity contribution in [2.24, 2.45) is 11.7 Å². The highest BCUT2D eigenvalue weighted by Gasteiger charge is 2.20. The van der Waals surface area contributed by atoms with Gasteiger partial charge in [0.15, 0.2) is 0 Å². The molecule has 2 heterocycles. The number of halogens is 1. The molecule has 0 amide bonds. The first-order chi connectivity index (χ1) is 15.8. The maximum absolute atomic E-state index is 13.1. The first-order valence-electron chi connectivity index (χ1n) is 11.6. The van der Waals surface area contributed by atoms with E-state index in [0.717, 1.165) is 30.8 Å². The molecule has 0 radical (unpaired) electrons. The molecular weight excluding hydrogens is 455 g/mol. The lowest BCUT2D eigenvalue weighted by Gasteiger charge is -2.28. The van der Waals surface area contributed by atoms with Crippen LogP contribution in [-0.2, 0) is 0 Å². The van der Waals surface area contributed by atoms with Crippen LogP contribution in [0.3, 0.4) is 0 Å². The Morgan fingerprint density at radius 2 is 1.76 bits per heavy atom. The van der Waals surface area contributed by atoms with Crippen LogP contribution in [0.15, 0.2) is 34.2 Å². The predicted molar refractivity (Wildman–Crippen MR) is 148 cm³/mol. The van der Waals surface area contributed by atoms with E-state index in [1.807, 2.05) is 34.0 Å². The number of nitrogens with zero attached hydrogens (tertiary/aromatic N) is 3. The summed E-state index contributed by atoms with van der Waals surface area (Å²) >= 11 is 4.90. The van der Waals surface area contributed by atoms with Crippen LogP contribution in [0.25, 0.3) is 5.70 Å². The van der Waals surface area contributed by atoms with Gasteiger partial charge in [-0.25, -0.2) is 4.39 Å². The second kappa shape index (κ2) is 19.8. The van der Waals surface area contributed by atoms with Crippen molar-refractivity contribution in [2.45, 2.75) is 72.1 Å². The maximum atomic E-state index is 13.1. The minimum absolute atomic E-state index is 0.244. The predicted octanol–water partition coefficient (Wildman–Crippen LogP) is 7.50. The summed E-state index contributed by atoms with van der Waals surface area (Å²) in [5.41, 5.74) is 6.44. The number of thiol groups is 1. The van der Waals surface area contributed by atoms with E-state index >= 15 is 0 Å². The number of nitrogens with two attached hydrogens (primary N) is 1. The molecule has 3 rings (SSSR count). The van der Waals surface area contributed by atoms with Crippen molar-refractivity contribution in [1.82, 2.24) is 10.1 Å². The molecule has 2 aromatic rings. The molecule has 8 heteroatoms. The van der Waals surface area contributed by atoms with Gasteiger partial charge in [-0.3, -0.25) is 0 Å². The zero-order valence-corrected chi connectivity index (χ0v) is 23.7. The fourth-order valence-electron chi connectivity index (χ4n) is 2.66. The van der Waals surface area contributed by atoms with Crippen LogP contribution >= 0.6 is 24.4 Å². The molecule has 5 nitrogen and oxygen atoms in total. The summed E-state index contributed by atoms with van der Waals surface area (Å²) < 4.78 is 18.3. The summed E-state index contributed by atoms with van der Waals surface area (Å²) in [6.07, 6.45) is 5.98. The van der Waals surface area contributed by atoms with E-state index in [0.29, 0.717) is 22.1 Å². The number of hydrogen-bond acceptors (Lipinski definition) is 7. The third-order valence-electron chi connectivity index (χ3n) is 4.51. The third kappa shape index (κ3) is 12.4. The Morgan fingerprint density at radius 3 is 2.15 bits per heavy atom. The summed E-state index contributed by atoms with van der Waals surface area (Å²) in [5.74, 6) is 2.41. The maximum Gasteiger partial charge on any atom is 0.266 e.